The Hall–Kier alpha value is -2.53. The predicted molar refractivity (Wildman–Crippen MR) is 102 cm³/mol. The Balaban J connectivity index is 1.49. The van der Waals surface area contributed by atoms with Crippen LogP contribution in [0.25, 0.3) is 0 Å². The highest BCUT2D eigenvalue weighted by molar-refractivity contribution is 6.33. The van der Waals surface area contributed by atoms with E-state index in [-0.39, 0.29) is 18.3 Å². The maximum Gasteiger partial charge on any atom is 0.260 e. The maximum absolute atomic E-state index is 12.4. The van der Waals surface area contributed by atoms with E-state index in [1.54, 1.807) is 29.2 Å². The summed E-state index contributed by atoms with van der Waals surface area (Å²) in [5.41, 5.74) is 1.63. The molecule has 136 valence electrons. The number of halogens is 1. The van der Waals surface area contributed by atoms with Gasteiger partial charge in [0.2, 0.25) is 0 Å². The van der Waals surface area contributed by atoms with Crippen LogP contribution in [0, 0.1) is 0 Å². The highest BCUT2D eigenvalue weighted by Gasteiger charge is 2.22. The number of amides is 1. The van der Waals surface area contributed by atoms with E-state index in [1.807, 2.05) is 24.3 Å². The topological polar surface area (TPSA) is 49.9 Å². The van der Waals surface area contributed by atoms with E-state index in [9.17, 15) is 9.59 Å². The molecule has 5 nitrogen and oxygen atoms in total. The van der Waals surface area contributed by atoms with Crippen LogP contribution in [-0.4, -0.2) is 49.4 Å². The van der Waals surface area contributed by atoms with Gasteiger partial charge in [0, 0.05) is 31.7 Å². The molecule has 1 aliphatic heterocycles. The van der Waals surface area contributed by atoms with Crippen molar-refractivity contribution in [2.75, 3.05) is 37.7 Å². The molecule has 26 heavy (non-hydrogen) atoms. The molecule has 2 aromatic carbocycles. The van der Waals surface area contributed by atoms with Crippen molar-refractivity contribution in [2.24, 2.45) is 0 Å². The van der Waals surface area contributed by atoms with E-state index in [4.69, 9.17) is 16.3 Å². The molecule has 2 aromatic rings. The molecule has 0 spiro atoms. The second-order valence-electron chi connectivity index (χ2n) is 6.19. The van der Waals surface area contributed by atoms with Crippen LogP contribution in [0.1, 0.15) is 17.3 Å². The van der Waals surface area contributed by atoms with Crippen LogP contribution in [0.4, 0.5) is 5.69 Å². The van der Waals surface area contributed by atoms with E-state index in [2.05, 4.69) is 4.90 Å². The normalized spacial score (nSPS) is 14.2. The van der Waals surface area contributed by atoms with Gasteiger partial charge in [0.15, 0.2) is 12.4 Å². The summed E-state index contributed by atoms with van der Waals surface area (Å²) in [5.74, 6) is 0.543. The summed E-state index contributed by atoms with van der Waals surface area (Å²) in [7, 11) is 0. The molecule has 0 saturated carbocycles. The van der Waals surface area contributed by atoms with E-state index >= 15 is 0 Å². The number of benzene rings is 2. The number of Topliss-reactive ketones (excluding diaryl/α,β-unsaturated/α-hetero) is 1. The average molecular weight is 373 g/mol. The van der Waals surface area contributed by atoms with Crippen LogP contribution >= 0.6 is 11.6 Å². The first-order chi connectivity index (χ1) is 12.5. The largest absolute Gasteiger partial charge is 0.484 e. The smallest absolute Gasteiger partial charge is 0.260 e. The zero-order valence-electron chi connectivity index (χ0n) is 14.7. The lowest BCUT2D eigenvalue weighted by Gasteiger charge is -2.36. The fourth-order valence-electron chi connectivity index (χ4n) is 2.93. The molecule has 1 aliphatic rings. The number of ketones is 1. The van der Waals surface area contributed by atoms with Gasteiger partial charge in [-0.2, -0.15) is 0 Å². The van der Waals surface area contributed by atoms with Crippen molar-refractivity contribution in [3.63, 3.8) is 0 Å². The number of anilines is 1. The third-order valence-corrected chi connectivity index (χ3v) is 4.77. The monoisotopic (exact) mass is 372 g/mol. The molecule has 0 N–H and O–H groups in total. The fourth-order valence-corrected chi connectivity index (χ4v) is 3.18. The summed E-state index contributed by atoms with van der Waals surface area (Å²) >= 11 is 6.24. The number of carbonyl (C=O) groups excluding carboxylic acids is 2. The van der Waals surface area contributed by atoms with Crippen LogP contribution in [0.15, 0.2) is 48.5 Å². The van der Waals surface area contributed by atoms with Crippen LogP contribution in [0.3, 0.4) is 0 Å². The zero-order valence-corrected chi connectivity index (χ0v) is 15.4. The minimum Gasteiger partial charge on any atom is -0.484 e. The molecule has 0 aliphatic carbocycles. The molecular weight excluding hydrogens is 352 g/mol. The van der Waals surface area contributed by atoms with Crippen molar-refractivity contribution in [1.29, 1.82) is 0 Å². The van der Waals surface area contributed by atoms with Gasteiger partial charge < -0.3 is 14.5 Å². The first kappa shape index (κ1) is 18.3. The fraction of sp³-hybridized carbons (Fsp3) is 0.300. The molecule has 6 heteroatoms. The van der Waals surface area contributed by atoms with Crippen molar-refractivity contribution in [3.05, 3.63) is 59.1 Å². The van der Waals surface area contributed by atoms with E-state index < -0.39 is 0 Å². The van der Waals surface area contributed by atoms with Crippen molar-refractivity contribution < 1.29 is 14.3 Å². The summed E-state index contributed by atoms with van der Waals surface area (Å²) in [6.07, 6.45) is 0. The van der Waals surface area contributed by atoms with Crippen LogP contribution in [0.5, 0.6) is 5.75 Å². The number of hydrogen-bond donors (Lipinski definition) is 0. The van der Waals surface area contributed by atoms with Crippen molar-refractivity contribution >= 4 is 29.0 Å². The minimum atomic E-state index is -0.0422. The predicted octanol–water partition coefficient (Wildman–Crippen LogP) is 3.27. The summed E-state index contributed by atoms with van der Waals surface area (Å²) < 4.78 is 5.55. The second kappa shape index (κ2) is 8.23. The van der Waals surface area contributed by atoms with Gasteiger partial charge >= 0.3 is 0 Å². The van der Waals surface area contributed by atoms with E-state index in [0.29, 0.717) is 24.4 Å². The third kappa shape index (κ3) is 4.35. The average Bonchev–Trinajstić information content (AvgIpc) is 2.67. The first-order valence-electron chi connectivity index (χ1n) is 8.55. The van der Waals surface area contributed by atoms with Crippen LogP contribution < -0.4 is 9.64 Å². The van der Waals surface area contributed by atoms with Gasteiger partial charge in [-0.3, -0.25) is 9.59 Å². The standard InChI is InChI=1S/C20H21ClN2O3/c1-15(24)16-6-8-17(9-7-16)26-14-20(25)23-12-10-22(11-13-23)19-5-3-2-4-18(19)21/h2-9H,10-14H2,1H3. The maximum atomic E-state index is 12.4. The summed E-state index contributed by atoms with van der Waals surface area (Å²) in [6.45, 7) is 4.26. The van der Waals surface area contributed by atoms with Crippen molar-refractivity contribution in [3.8, 4) is 5.75 Å². The molecule has 0 aromatic heterocycles. The summed E-state index contributed by atoms with van der Waals surface area (Å²) in [5, 5.41) is 0.726. The lowest BCUT2D eigenvalue weighted by Crippen LogP contribution is -2.50. The Bertz CT molecular complexity index is 784. The quantitative estimate of drug-likeness (QED) is 0.756. The van der Waals surface area contributed by atoms with E-state index in [1.165, 1.54) is 6.92 Å². The Labute approximate surface area is 158 Å². The minimum absolute atomic E-state index is 0.00372. The van der Waals surface area contributed by atoms with Crippen LogP contribution in [-0.2, 0) is 4.79 Å². The number of ether oxygens (including phenoxy) is 1. The van der Waals surface area contributed by atoms with Gasteiger partial charge in [-0.05, 0) is 43.3 Å². The Morgan fingerprint density at radius 2 is 1.65 bits per heavy atom. The number of nitrogens with zero attached hydrogens (tertiary/aromatic N) is 2. The molecule has 1 saturated heterocycles. The Morgan fingerprint density at radius 1 is 1.00 bits per heavy atom. The summed E-state index contributed by atoms with van der Waals surface area (Å²) in [4.78, 5) is 27.6. The lowest BCUT2D eigenvalue weighted by molar-refractivity contribution is -0.133. The number of rotatable bonds is 5. The first-order valence-corrected chi connectivity index (χ1v) is 8.93. The van der Waals surface area contributed by atoms with Gasteiger partial charge in [0.05, 0.1) is 10.7 Å². The molecule has 1 amide bonds. The Morgan fingerprint density at radius 3 is 2.27 bits per heavy atom. The molecular formula is C20H21ClN2O3. The van der Waals surface area contributed by atoms with E-state index in [0.717, 1.165) is 23.8 Å². The molecule has 0 unspecified atom stereocenters. The molecule has 0 radical (unpaired) electrons. The third-order valence-electron chi connectivity index (χ3n) is 4.45. The summed E-state index contributed by atoms with van der Waals surface area (Å²) in [6, 6.07) is 14.6. The SMILES string of the molecule is CC(=O)c1ccc(OCC(=O)N2CCN(c3ccccc3Cl)CC2)cc1. The van der Waals surface area contributed by atoms with Gasteiger partial charge in [-0.25, -0.2) is 0 Å². The highest BCUT2D eigenvalue weighted by atomic mass is 35.5. The highest BCUT2D eigenvalue weighted by Crippen LogP contribution is 2.26. The number of para-hydroxylation sites is 1. The Kier molecular flexibility index (Phi) is 5.78. The van der Waals surface area contributed by atoms with Crippen LogP contribution in [0.2, 0.25) is 5.02 Å². The zero-order chi connectivity index (χ0) is 18.5. The molecule has 0 atom stereocenters. The number of carbonyl (C=O) groups is 2. The second-order valence-corrected chi connectivity index (χ2v) is 6.60. The van der Waals surface area contributed by atoms with Gasteiger partial charge in [-0.1, -0.05) is 23.7 Å². The lowest BCUT2D eigenvalue weighted by atomic mass is 10.1. The number of piperazine rings is 1. The number of hydrogen-bond acceptors (Lipinski definition) is 4. The van der Waals surface area contributed by atoms with Gasteiger partial charge in [0.25, 0.3) is 5.91 Å². The molecule has 1 heterocycles. The van der Waals surface area contributed by atoms with Crippen molar-refractivity contribution in [2.45, 2.75) is 6.92 Å². The van der Waals surface area contributed by atoms with Gasteiger partial charge in [-0.15, -0.1) is 0 Å². The molecule has 3 rings (SSSR count). The van der Waals surface area contributed by atoms with Gasteiger partial charge in [0.1, 0.15) is 5.75 Å². The molecule has 1 fully saturated rings. The molecule has 0 bridgehead atoms. The van der Waals surface area contributed by atoms with Crippen molar-refractivity contribution in [1.82, 2.24) is 4.90 Å².